The summed E-state index contributed by atoms with van der Waals surface area (Å²) in [5, 5.41) is 3.69. The molecular weight excluding hydrogens is 630 g/mol. The second-order valence-electron chi connectivity index (χ2n) is 12.3. The van der Waals surface area contributed by atoms with Gasteiger partial charge in [-0.2, -0.15) is 0 Å². The zero-order valence-electron chi connectivity index (χ0n) is 26.9. The molecule has 1 atom stereocenters. The fourth-order valence-corrected chi connectivity index (χ4v) is 7.78. The minimum Gasteiger partial charge on any atom is -0.352 e. The van der Waals surface area contributed by atoms with E-state index in [4.69, 9.17) is 11.6 Å². The van der Waals surface area contributed by atoms with Crippen LogP contribution >= 0.6 is 11.6 Å². The van der Waals surface area contributed by atoms with Crippen molar-refractivity contribution in [3.8, 4) is 0 Å². The molecule has 0 spiro atoms. The summed E-state index contributed by atoms with van der Waals surface area (Å²) in [4.78, 5) is 30.5. The number of carbonyl (C=O) groups excluding carboxylic acids is 2. The van der Waals surface area contributed by atoms with E-state index in [0.29, 0.717) is 21.8 Å². The summed E-state index contributed by atoms with van der Waals surface area (Å²) in [5.74, 6) is -0.770. The number of sulfonamides is 1. The van der Waals surface area contributed by atoms with Crippen LogP contribution in [0.3, 0.4) is 0 Å². The number of amides is 2. The Balaban J connectivity index is 1.58. The summed E-state index contributed by atoms with van der Waals surface area (Å²) in [5.41, 5.74) is 3.56. The summed E-state index contributed by atoms with van der Waals surface area (Å²) >= 11 is 6.62. The van der Waals surface area contributed by atoms with Gasteiger partial charge in [0.15, 0.2) is 0 Å². The quantitative estimate of drug-likeness (QED) is 0.172. The molecule has 0 aliphatic heterocycles. The molecule has 1 N–H and O–H groups in total. The maximum Gasteiger partial charge on any atom is 0.264 e. The molecule has 246 valence electrons. The molecular formula is C38H42ClN3O4S. The first-order valence-electron chi connectivity index (χ1n) is 16.2. The topological polar surface area (TPSA) is 86.8 Å². The van der Waals surface area contributed by atoms with Crippen molar-refractivity contribution in [2.75, 3.05) is 10.8 Å². The molecule has 1 aliphatic rings. The maximum absolute atomic E-state index is 14.7. The number of hydrogen-bond acceptors (Lipinski definition) is 4. The molecule has 7 nitrogen and oxygen atoms in total. The lowest BCUT2D eigenvalue weighted by Gasteiger charge is -2.35. The van der Waals surface area contributed by atoms with Gasteiger partial charge in [-0.05, 0) is 67.6 Å². The van der Waals surface area contributed by atoms with E-state index in [9.17, 15) is 18.0 Å². The highest BCUT2D eigenvalue weighted by Gasteiger charge is 2.36. The number of hydrogen-bond donors (Lipinski definition) is 1. The van der Waals surface area contributed by atoms with Crippen molar-refractivity contribution in [2.24, 2.45) is 0 Å². The summed E-state index contributed by atoms with van der Waals surface area (Å²) in [6, 6.07) is 29.6. The average molecular weight is 672 g/mol. The number of rotatable bonds is 12. The van der Waals surface area contributed by atoms with Crippen molar-refractivity contribution in [2.45, 2.75) is 75.9 Å². The third kappa shape index (κ3) is 8.62. The second-order valence-corrected chi connectivity index (χ2v) is 14.5. The first kappa shape index (κ1) is 34.2. The molecule has 9 heteroatoms. The van der Waals surface area contributed by atoms with Crippen molar-refractivity contribution >= 4 is 39.1 Å². The predicted octanol–water partition coefficient (Wildman–Crippen LogP) is 7.24. The third-order valence-corrected chi connectivity index (χ3v) is 10.9. The van der Waals surface area contributed by atoms with E-state index in [1.54, 1.807) is 42.5 Å². The Morgan fingerprint density at radius 3 is 2.15 bits per heavy atom. The normalized spacial score (nSPS) is 14.3. The van der Waals surface area contributed by atoms with Crippen LogP contribution in [-0.2, 0) is 32.6 Å². The van der Waals surface area contributed by atoms with Gasteiger partial charge in [-0.15, -0.1) is 0 Å². The van der Waals surface area contributed by atoms with Crippen LogP contribution in [0.1, 0.15) is 54.4 Å². The van der Waals surface area contributed by atoms with Crippen LogP contribution in [0.2, 0.25) is 5.02 Å². The third-order valence-electron chi connectivity index (χ3n) is 8.79. The van der Waals surface area contributed by atoms with Crippen LogP contribution in [0, 0.1) is 13.8 Å². The number of halogens is 1. The first-order chi connectivity index (χ1) is 22.6. The Hall–Kier alpha value is -4.14. The van der Waals surface area contributed by atoms with Crippen LogP contribution in [-0.4, -0.2) is 43.8 Å². The van der Waals surface area contributed by atoms with Crippen LogP contribution in [0.5, 0.6) is 0 Å². The first-order valence-corrected chi connectivity index (χ1v) is 18.0. The Bertz CT molecular complexity index is 1770. The van der Waals surface area contributed by atoms with Gasteiger partial charge in [-0.1, -0.05) is 115 Å². The summed E-state index contributed by atoms with van der Waals surface area (Å²) < 4.78 is 29.7. The van der Waals surface area contributed by atoms with Crippen molar-refractivity contribution in [1.82, 2.24) is 10.2 Å². The molecule has 0 radical (unpaired) electrons. The second kappa shape index (κ2) is 15.6. The minimum atomic E-state index is -4.17. The zero-order valence-corrected chi connectivity index (χ0v) is 28.5. The number of benzene rings is 4. The van der Waals surface area contributed by atoms with Gasteiger partial charge in [-0.3, -0.25) is 13.9 Å². The molecule has 0 bridgehead atoms. The lowest BCUT2D eigenvalue weighted by atomic mass is 9.94. The van der Waals surface area contributed by atoms with Crippen molar-refractivity contribution in [1.29, 1.82) is 0 Å². The Kier molecular flexibility index (Phi) is 11.4. The molecule has 4 aromatic rings. The lowest BCUT2D eigenvalue weighted by Crippen LogP contribution is -2.55. The van der Waals surface area contributed by atoms with Gasteiger partial charge in [0.25, 0.3) is 10.0 Å². The number of nitrogens with zero attached hydrogens (tertiary/aromatic N) is 2. The summed E-state index contributed by atoms with van der Waals surface area (Å²) in [6.45, 7) is 3.22. The number of carbonyl (C=O) groups is 2. The van der Waals surface area contributed by atoms with Gasteiger partial charge >= 0.3 is 0 Å². The van der Waals surface area contributed by atoms with Crippen LogP contribution in [0.15, 0.2) is 108 Å². The van der Waals surface area contributed by atoms with E-state index >= 15 is 0 Å². The zero-order chi connectivity index (χ0) is 33.4. The largest absolute Gasteiger partial charge is 0.352 e. The van der Waals surface area contributed by atoms with E-state index in [1.807, 2.05) is 74.5 Å². The monoisotopic (exact) mass is 671 g/mol. The molecule has 1 aliphatic carbocycles. The molecule has 47 heavy (non-hydrogen) atoms. The molecule has 5 rings (SSSR count). The Morgan fingerprint density at radius 1 is 0.830 bits per heavy atom. The smallest absolute Gasteiger partial charge is 0.264 e. The van der Waals surface area contributed by atoms with E-state index in [0.717, 1.165) is 47.5 Å². The van der Waals surface area contributed by atoms with Gasteiger partial charge in [0.1, 0.15) is 12.6 Å². The van der Waals surface area contributed by atoms with Crippen LogP contribution < -0.4 is 9.62 Å². The fourth-order valence-electron chi connectivity index (χ4n) is 6.10. The Labute approximate surface area is 283 Å². The SMILES string of the molecule is Cc1ccc(S(=O)(=O)N(CC(=O)N(Cc2ccccc2Cl)[C@H](Cc2ccccc2)C(=O)NC2CCCCC2)c2ccccc2C)cc1. The average Bonchev–Trinajstić information content (AvgIpc) is 3.07. The number of aryl methyl sites for hydroxylation is 2. The van der Waals surface area contributed by atoms with Crippen molar-refractivity contribution < 1.29 is 18.0 Å². The minimum absolute atomic E-state index is 0.0252. The van der Waals surface area contributed by atoms with E-state index in [-0.39, 0.29) is 29.8 Å². The maximum atomic E-state index is 14.7. The van der Waals surface area contributed by atoms with E-state index in [2.05, 4.69) is 5.32 Å². The molecule has 0 saturated heterocycles. The summed E-state index contributed by atoms with van der Waals surface area (Å²) in [6.07, 6.45) is 5.25. The highest BCUT2D eigenvalue weighted by Crippen LogP contribution is 2.29. The van der Waals surface area contributed by atoms with Gasteiger partial charge in [0.2, 0.25) is 11.8 Å². The predicted molar refractivity (Wildman–Crippen MR) is 188 cm³/mol. The molecule has 1 saturated carbocycles. The van der Waals surface area contributed by atoms with E-state index < -0.39 is 28.5 Å². The van der Waals surface area contributed by atoms with Gasteiger partial charge in [0.05, 0.1) is 10.6 Å². The standard InChI is InChI=1S/C38H42ClN3O4S/c1-28-21-23-33(24-22-28)47(45,46)42(35-20-12-9-13-29(35)2)27-37(43)41(26-31-16-10-11-19-34(31)39)36(25-30-14-5-3-6-15-30)38(44)40-32-17-7-4-8-18-32/h3,5-6,9-16,19-24,32,36H,4,7-8,17-18,25-27H2,1-2H3,(H,40,44)/t36-/m1/s1. The highest BCUT2D eigenvalue weighted by molar-refractivity contribution is 7.92. The number of anilines is 1. The van der Waals surface area contributed by atoms with Crippen LogP contribution in [0.4, 0.5) is 5.69 Å². The molecule has 1 fully saturated rings. The van der Waals surface area contributed by atoms with Gasteiger partial charge < -0.3 is 10.2 Å². The van der Waals surface area contributed by atoms with Gasteiger partial charge in [-0.25, -0.2) is 8.42 Å². The highest BCUT2D eigenvalue weighted by atomic mass is 35.5. The molecule has 0 unspecified atom stereocenters. The van der Waals surface area contributed by atoms with Crippen LogP contribution in [0.25, 0.3) is 0 Å². The van der Waals surface area contributed by atoms with Crippen molar-refractivity contribution in [3.05, 3.63) is 130 Å². The summed E-state index contributed by atoms with van der Waals surface area (Å²) in [7, 11) is -4.17. The number of nitrogens with one attached hydrogen (secondary N) is 1. The molecule has 0 aromatic heterocycles. The van der Waals surface area contributed by atoms with E-state index in [1.165, 1.54) is 4.90 Å². The Morgan fingerprint density at radius 2 is 1.47 bits per heavy atom. The fraction of sp³-hybridized carbons (Fsp3) is 0.316. The number of para-hydroxylation sites is 1. The molecule has 0 heterocycles. The van der Waals surface area contributed by atoms with Gasteiger partial charge in [0, 0.05) is 24.0 Å². The molecule has 4 aromatic carbocycles. The molecule has 2 amide bonds. The van der Waals surface area contributed by atoms with Crippen molar-refractivity contribution in [3.63, 3.8) is 0 Å². The lowest BCUT2D eigenvalue weighted by molar-refractivity contribution is -0.140.